The Morgan fingerprint density at radius 1 is 1.08 bits per heavy atom. The first-order valence-corrected chi connectivity index (χ1v) is 13.5. The SMILES string of the molecule is C#CN(C(=O)C(CCSC)NC(=O)OC(C)(C)C)C(C(=O)NCc1ccccc1)c1ccc(C)c(C)c1. The number of aryl methyl sites for hydroxylation is 2. The smallest absolute Gasteiger partial charge is 0.408 e. The third-order valence-electron chi connectivity index (χ3n) is 5.64. The lowest BCUT2D eigenvalue weighted by Gasteiger charge is -2.30. The van der Waals surface area contributed by atoms with Crippen molar-refractivity contribution in [1.29, 1.82) is 0 Å². The average Bonchev–Trinajstić information content (AvgIpc) is 2.84. The van der Waals surface area contributed by atoms with E-state index in [2.05, 4.69) is 16.7 Å². The molecule has 37 heavy (non-hydrogen) atoms. The predicted molar refractivity (Wildman–Crippen MR) is 149 cm³/mol. The quantitative estimate of drug-likeness (QED) is 0.347. The van der Waals surface area contributed by atoms with Gasteiger partial charge in [-0.2, -0.15) is 11.8 Å². The first kappa shape index (κ1) is 29.8. The molecule has 2 N–H and O–H groups in total. The fourth-order valence-electron chi connectivity index (χ4n) is 3.61. The van der Waals surface area contributed by atoms with Crippen molar-refractivity contribution < 1.29 is 19.1 Å². The number of carbonyl (C=O) groups is 3. The summed E-state index contributed by atoms with van der Waals surface area (Å²) in [6.07, 6.45) is 7.36. The fraction of sp³-hybridized carbons (Fsp3) is 0.414. The maximum Gasteiger partial charge on any atom is 0.408 e. The number of nitrogens with zero attached hydrogens (tertiary/aromatic N) is 1. The summed E-state index contributed by atoms with van der Waals surface area (Å²) in [4.78, 5) is 40.9. The van der Waals surface area contributed by atoms with Crippen molar-refractivity contribution in [2.24, 2.45) is 0 Å². The number of benzene rings is 2. The van der Waals surface area contributed by atoms with Crippen molar-refractivity contribution in [2.75, 3.05) is 12.0 Å². The molecular weight excluding hydrogens is 486 g/mol. The Kier molecular flexibility index (Phi) is 11.1. The molecule has 2 aromatic rings. The maximum atomic E-state index is 13.8. The van der Waals surface area contributed by atoms with Crippen molar-refractivity contribution in [2.45, 2.75) is 65.3 Å². The van der Waals surface area contributed by atoms with Crippen LogP contribution in [-0.4, -0.2) is 46.5 Å². The molecular formula is C29H37N3O4S. The van der Waals surface area contributed by atoms with Gasteiger partial charge in [-0.3, -0.25) is 14.5 Å². The average molecular weight is 524 g/mol. The van der Waals surface area contributed by atoms with Crippen molar-refractivity contribution >= 4 is 29.7 Å². The molecule has 2 unspecified atom stereocenters. The Morgan fingerprint density at radius 3 is 2.32 bits per heavy atom. The molecule has 0 aliphatic carbocycles. The minimum atomic E-state index is -1.09. The van der Waals surface area contributed by atoms with Crippen LogP contribution in [0.25, 0.3) is 0 Å². The van der Waals surface area contributed by atoms with Gasteiger partial charge in [0.2, 0.25) is 5.91 Å². The van der Waals surface area contributed by atoms with E-state index in [0.29, 0.717) is 17.7 Å². The third kappa shape index (κ3) is 9.18. The lowest BCUT2D eigenvalue weighted by molar-refractivity contribution is -0.138. The van der Waals surface area contributed by atoms with E-state index in [1.54, 1.807) is 26.8 Å². The summed E-state index contributed by atoms with van der Waals surface area (Å²) >= 11 is 1.53. The molecule has 3 amide bonds. The molecule has 0 fully saturated rings. The van der Waals surface area contributed by atoms with Crippen LogP contribution in [0, 0.1) is 26.3 Å². The Hall–Kier alpha value is -3.44. The second-order valence-corrected chi connectivity index (χ2v) is 10.8. The van der Waals surface area contributed by atoms with Gasteiger partial charge in [-0.1, -0.05) is 55.0 Å². The van der Waals surface area contributed by atoms with E-state index in [9.17, 15) is 14.4 Å². The van der Waals surface area contributed by atoms with Crippen LogP contribution in [0.2, 0.25) is 0 Å². The van der Waals surface area contributed by atoms with Gasteiger partial charge in [0.15, 0.2) is 0 Å². The number of amides is 3. The highest BCUT2D eigenvalue weighted by Gasteiger charge is 2.35. The topological polar surface area (TPSA) is 87.7 Å². The zero-order valence-electron chi connectivity index (χ0n) is 22.5. The normalized spacial score (nSPS) is 12.6. The van der Waals surface area contributed by atoms with Crippen LogP contribution in [-0.2, 0) is 20.9 Å². The zero-order valence-corrected chi connectivity index (χ0v) is 23.3. The maximum absolute atomic E-state index is 13.8. The minimum absolute atomic E-state index is 0.277. The predicted octanol–water partition coefficient (Wildman–Crippen LogP) is 4.73. The summed E-state index contributed by atoms with van der Waals surface area (Å²) in [6, 6.07) is 15.4. The van der Waals surface area contributed by atoms with E-state index in [0.717, 1.165) is 21.6 Å². The van der Waals surface area contributed by atoms with Gasteiger partial charge in [-0.05, 0) is 75.3 Å². The summed E-state index contributed by atoms with van der Waals surface area (Å²) in [5.41, 5.74) is 2.78. The summed E-state index contributed by atoms with van der Waals surface area (Å²) in [5, 5.41) is 5.56. The Morgan fingerprint density at radius 2 is 1.76 bits per heavy atom. The number of hydrogen-bond donors (Lipinski definition) is 2. The molecule has 0 heterocycles. The van der Waals surface area contributed by atoms with Gasteiger partial charge in [0, 0.05) is 12.6 Å². The van der Waals surface area contributed by atoms with Gasteiger partial charge in [-0.15, -0.1) is 0 Å². The standard InChI is InChI=1S/C29H37N3O4S/c1-8-32(27(34)24(16-17-37-7)31-28(35)36-29(4,5)6)25(23-15-14-20(2)21(3)18-23)26(33)30-19-22-12-10-9-11-13-22/h1,9-15,18,24-25H,16-17,19H2,2-7H3,(H,30,33)(H,31,35). The second-order valence-electron chi connectivity index (χ2n) is 9.77. The summed E-state index contributed by atoms with van der Waals surface area (Å²) in [6.45, 7) is 9.41. The largest absolute Gasteiger partial charge is 0.444 e. The molecule has 0 aliphatic heterocycles. The molecule has 2 atom stereocenters. The first-order chi connectivity index (χ1) is 17.5. The van der Waals surface area contributed by atoms with Gasteiger partial charge in [0.05, 0.1) is 0 Å². The summed E-state index contributed by atoms with van der Waals surface area (Å²) in [7, 11) is 0. The molecule has 0 spiro atoms. The molecule has 7 nitrogen and oxygen atoms in total. The van der Waals surface area contributed by atoms with Crippen molar-refractivity contribution in [3.63, 3.8) is 0 Å². The van der Waals surface area contributed by atoms with Crippen molar-refractivity contribution in [3.05, 3.63) is 70.8 Å². The lowest BCUT2D eigenvalue weighted by Crippen LogP contribution is -2.51. The van der Waals surface area contributed by atoms with Gasteiger partial charge in [-0.25, -0.2) is 4.79 Å². The zero-order chi connectivity index (χ0) is 27.6. The number of alkyl carbamates (subject to hydrolysis) is 1. The number of terminal acetylenes is 1. The van der Waals surface area contributed by atoms with E-state index >= 15 is 0 Å². The number of nitrogens with one attached hydrogen (secondary N) is 2. The summed E-state index contributed by atoms with van der Waals surface area (Å²) in [5.74, 6) is -0.376. The molecule has 0 aromatic heterocycles. The second kappa shape index (κ2) is 13.8. The molecule has 0 saturated carbocycles. The highest BCUT2D eigenvalue weighted by atomic mass is 32.2. The van der Waals surface area contributed by atoms with E-state index in [4.69, 9.17) is 11.2 Å². The van der Waals surface area contributed by atoms with Crippen LogP contribution in [0.5, 0.6) is 0 Å². The highest BCUT2D eigenvalue weighted by Crippen LogP contribution is 2.25. The van der Waals surface area contributed by atoms with Gasteiger partial charge < -0.3 is 15.4 Å². The van der Waals surface area contributed by atoms with Crippen molar-refractivity contribution in [1.82, 2.24) is 15.5 Å². The summed E-state index contributed by atoms with van der Waals surface area (Å²) < 4.78 is 5.36. The van der Waals surface area contributed by atoms with Crippen LogP contribution in [0.3, 0.4) is 0 Å². The fourth-order valence-corrected chi connectivity index (χ4v) is 4.08. The van der Waals surface area contributed by atoms with E-state index in [1.807, 2.05) is 62.6 Å². The monoisotopic (exact) mass is 523 g/mol. The number of rotatable bonds is 10. The Balaban J connectivity index is 2.40. The molecule has 2 aromatic carbocycles. The van der Waals surface area contributed by atoms with Crippen LogP contribution in [0.1, 0.15) is 55.5 Å². The van der Waals surface area contributed by atoms with Crippen LogP contribution in [0.15, 0.2) is 48.5 Å². The van der Waals surface area contributed by atoms with E-state index < -0.39 is 35.6 Å². The Bertz CT molecular complexity index is 1120. The third-order valence-corrected chi connectivity index (χ3v) is 6.28. The first-order valence-electron chi connectivity index (χ1n) is 12.1. The lowest BCUT2D eigenvalue weighted by atomic mass is 9.98. The van der Waals surface area contributed by atoms with Gasteiger partial charge in [0.25, 0.3) is 5.91 Å². The molecule has 8 heteroatoms. The molecule has 198 valence electrons. The van der Waals surface area contributed by atoms with Crippen LogP contribution >= 0.6 is 11.8 Å². The number of ether oxygens (including phenoxy) is 1. The number of carbonyl (C=O) groups excluding carboxylic acids is 3. The van der Waals surface area contributed by atoms with Gasteiger partial charge >= 0.3 is 6.09 Å². The molecule has 0 radical (unpaired) electrons. The van der Waals surface area contributed by atoms with Gasteiger partial charge in [0.1, 0.15) is 17.7 Å². The molecule has 0 bridgehead atoms. The van der Waals surface area contributed by atoms with Crippen LogP contribution < -0.4 is 10.6 Å². The highest BCUT2D eigenvalue weighted by molar-refractivity contribution is 7.98. The Labute approximate surface area is 224 Å². The number of thioether (sulfide) groups is 1. The molecule has 2 rings (SSSR count). The number of hydrogen-bond acceptors (Lipinski definition) is 5. The van der Waals surface area contributed by atoms with E-state index in [-0.39, 0.29) is 6.54 Å². The van der Waals surface area contributed by atoms with Crippen LogP contribution in [0.4, 0.5) is 4.79 Å². The van der Waals surface area contributed by atoms with Crippen molar-refractivity contribution in [3.8, 4) is 12.5 Å². The van der Waals surface area contributed by atoms with E-state index in [1.165, 1.54) is 11.8 Å². The molecule has 0 saturated heterocycles. The molecule has 0 aliphatic rings. The minimum Gasteiger partial charge on any atom is -0.444 e.